The maximum Gasteiger partial charge on any atom is 0.151 e. The fourth-order valence-corrected chi connectivity index (χ4v) is 3.17. The average Bonchev–Trinajstić information content (AvgIpc) is 2.57. The highest BCUT2D eigenvalue weighted by atomic mass is 16.5. The molecule has 0 N–H and O–H groups in total. The van der Waals surface area contributed by atoms with Crippen molar-refractivity contribution in [2.24, 2.45) is 0 Å². The van der Waals surface area contributed by atoms with Crippen LogP contribution in [-0.4, -0.2) is 53.9 Å². The van der Waals surface area contributed by atoms with Gasteiger partial charge in [0.25, 0.3) is 0 Å². The molecule has 0 bridgehead atoms. The molecule has 0 unspecified atom stereocenters. The van der Waals surface area contributed by atoms with Gasteiger partial charge in [0.15, 0.2) is 5.82 Å². The molecular weight excluding hydrogens is 264 g/mol. The minimum absolute atomic E-state index is 0.340. The highest BCUT2D eigenvalue weighted by molar-refractivity contribution is 5.37. The van der Waals surface area contributed by atoms with Crippen LogP contribution in [0.25, 0.3) is 0 Å². The first-order chi connectivity index (χ1) is 10.3. The highest BCUT2D eigenvalue weighted by Gasteiger charge is 2.26. The van der Waals surface area contributed by atoms with Crippen LogP contribution in [0.3, 0.4) is 0 Å². The Morgan fingerprint density at radius 3 is 3.14 bits per heavy atom. The van der Waals surface area contributed by atoms with Gasteiger partial charge in [-0.2, -0.15) is 5.10 Å². The first-order valence-corrected chi connectivity index (χ1v) is 7.86. The van der Waals surface area contributed by atoms with Gasteiger partial charge in [-0.25, -0.2) is 0 Å². The number of piperidine rings is 1. The Hall–Kier alpha value is -1.62. The van der Waals surface area contributed by atoms with E-state index in [1.165, 1.54) is 12.8 Å². The maximum absolute atomic E-state index is 5.69. The van der Waals surface area contributed by atoms with Crippen molar-refractivity contribution in [3.63, 3.8) is 0 Å². The zero-order valence-corrected chi connectivity index (χ0v) is 12.7. The standard InChI is InChI=1S/C16H24N4O/c1-19(13-15-7-2-3-11-21-15)14-6-5-10-20(12-14)16-8-4-9-17-18-16/h3-4,8-9,11,14-15H,2,5-7,10,12-13H2,1H3/t14-,15+/m0/s1. The molecule has 5 heteroatoms. The molecule has 2 atom stereocenters. The van der Waals surface area contributed by atoms with Crippen molar-refractivity contribution in [3.8, 4) is 0 Å². The van der Waals surface area contributed by atoms with Crippen molar-refractivity contribution >= 4 is 5.82 Å². The van der Waals surface area contributed by atoms with Gasteiger partial charge in [-0.15, -0.1) is 5.10 Å². The van der Waals surface area contributed by atoms with Crippen LogP contribution in [-0.2, 0) is 4.74 Å². The summed E-state index contributed by atoms with van der Waals surface area (Å²) in [6.07, 6.45) is 10.7. The van der Waals surface area contributed by atoms with Crippen LogP contribution in [0, 0.1) is 0 Å². The summed E-state index contributed by atoms with van der Waals surface area (Å²) >= 11 is 0. The number of anilines is 1. The first kappa shape index (κ1) is 14.3. The van der Waals surface area contributed by atoms with Crippen LogP contribution in [0.4, 0.5) is 5.82 Å². The molecule has 3 heterocycles. The largest absolute Gasteiger partial charge is 0.497 e. The summed E-state index contributed by atoms with van der Waals surface area (Å²) in [5.74, 6) is 0.993. The predicted octanol–water partition coefficient (Wildman–Crippen LogP) is 2.07. The third-order valence-electron chi connectivity index (χ3n) is 4.42. The van der Waals surface area contributed by atoms with Gasteiger partial charge in [-0.3, -0.25) is 4.90 Å². The van der Waals surface area contributed by atoms with Gasteiger partial charge in [0.05, 0.1) is 6.26 Å². The third-order valence-corrected chi connectivity index (χ3v) is 4.42. The second-order valence-corrected chi connectivity index (χ2v) is 5.97. The molecule has 2 aliphatic heterocycles. The fourth-order valence-electron chi connectivity index (χ4n) is 3.17. The summed E-state index contributed by atoms with van der Waals surface area (Å²) in [6.45, 7) is 3.10. The number of allylic oxidation sites excluding steroid dienone is 1. The van der Waals surface area contributed by atoms with Crippen LogP contribution in [0.15, 0.2) is 30.7 Å². The van der Waals surface area contributed by atoms with Gasteiger partial charge >= 0.3 is 0 Å². The van der Waals surface area contributed by atoms with Crippen molar-refractivity contribution < 1.29 is 4.74 Å². The number of likely N-dealkylation sites (N-methyl/N-ethyl adjacent to an activating group) is 1. The van der Waals surface area contributed by atoms with Gasteiger partial charge in [-0.1, -0.05) is 0 Å². The van der Waals surface area contributed by atoms with Crippen LogP contribution in [0.1, 0.15) is 25.7 Å². The maximum atomic E-state index is 5.69. The number of nitrogens with zero attached hydrogens (tertiary/aromatic N) is 4. The third kappa shape index (κ3) is 3.73. The average molecular weight is 288 g/mol. The van der Waals surface area contributed by atoms with Gasteiger partial charge in [0, 0.05) is 31.9 Å². The Bertz CT molecular complexity index is 465. The summed E-state index contributed by atoms with van der Waals surface area (Å²) in [7, 11) is 2.21. The molecule has 0 radical (unpaired) electrons. The number of ether oxygens (including phenoxy) is 1. The van der Waals surface area contributed by atoms with Gasteiger partial charge in [-0.05, 0) is 50.9 Å². The molecule has 1 aromatic rings. The molecular formula is C16H24N4O. The lowest BCUT2D eigenvalue weighted by Gasteiger charge is -2.39. The SMILES string of the molecule is CN(C[C@H]1CCC=CO1)[C@H]1CCCN(c2cccnn2)C1. The molecule has 3 rings (SSSR count). The van der Waals surface area contributed by atoms with Crippen molar-refractivity contribution in [3.05, 3.63) is 30.7 Å². The Balaban J connectivity index is 1.56. The number of rotatable bonds is 4. The monoisotopic (exact) mass is 288 g/mol. The Kier molecular flexibility index (Phi) is 4.70. The predicted molar refractivity (Wildman–Crippen MR) is 83.1 cm³/mol. The van der Waals surface area contributed by atoms with E-state index in [1.54, 1.807) is 6.20 Å². The van der Waals surface area contributed by atoms with E-state index in [9.17, 15) is 0 Å². The van der Waals surface area contributed by atoms with Crippen molar-refractivity contribution in [2.45, 2.75) is 37.8 Å². The highest BCUT2D eigenvalue weighted by Crippen LogP contribution is 2.21. The summed E-state index contributed by atoms with van der Waals surface area (Å²) in [6, 6.07) is 4.57. The molecule has 5 nitrogen and oxygen atoms in total. The number of hydrogen-bond donors (Lipinski definition) is 0. The molecule has 1 saturated heterocycles. The Morgan fingerprint density at radius 1 is 1.43 bits per heavy atom. The van der Waals surface area contributed by atoms with E-state index in [0.717, 1.165) is 38.3 Å². The smallest absolute Gasteiger partial charge is 0.151 e. The van der Waals surface area contributed by atoms with E-state index in [1.807, 2.05) is 18.4 Å². The van der Waals surface area contributed by atoms with E-state index < -0.39 is 0 Å². The Morgan fingerprint density at radius 2 is 2.38 bits per heavy atom. The van der Waals surface area contributed by atoms with Crippen molar-refractivity contribution in [1.29, 1.82) is 0 Å². The number of aromatic nitrogens is 2. The summed E-state index contributed by atoms with van der Waals surface area (Å²) in [5, 5.41) is 8.23. The number of hydrogen-bond acceptors (Lipinski definition) is 5. The summed E-state index contributed by atoms with van der Waals surface area (Å²) in [5.41, 5.74) is 0. The molecule has 114 valence electrons. The molecule has 0 amide bonds. The lowest BCUT2D eigenvalue weighted by Crippen LogP contribution is -2.49. The first-order valence-electron chi connectivity index (χ1n) is 7.86. The van der Waals surface area contributed by atoms with E-state index in [-0.39, 0.29) is 0 Å². The quantitative estimate of drug-likeness (QED) is 0.848. The van der Waals surface area contributed by atoms with Crippen molar-refractivity contribution in [1.82, 2.24) is 15.1 Å². The molecule has 21 heavy (non-hydrogen) atoms. The molecule has 0 saturated carbocycles. The van der Waals surface area contributed by atoms with Crippen LogP contribution in [0.5, 0.6) is 0 Å². The Labute approximate surface area is 126 Å². The van der Waals surface area contributed by atoms with Crippen LogP contribution >= 0.6 is 0 Å². The fraction of sp³-hybridized carbons (Fsp3) is 0.625. The normalized spacial score (nSPS) is 25.9. The second kappa shape index (κ2) is 6.89. The lowest BCUT2D eigenvalue weighted by atomic mass is 10.0. The van der Waals surface area contributed by atoms with Gasteiger partial charge in [0.2, 0.25) is 0 Å². The van der Waals surface area contributed by atoms with E-state index in [4.69, 9.17) is 4.74 Å². The molecule has 0 spiro atoms. The minimum atomic E-state index is 0.340. The second-order valence-electron chi connectivity index (χ2n) is 5.97. The van der Waals surface area contributed by atoms with Crippen molar-refractivity contribution in [2.75, 3.05) is 31.6 Å². The van der Waals surface area contributed by atoms with Crippen LogP contribution < -0.4 is 4.90 Å². The molecule has 1 aromatic heterocycles. The molecule has 2 aliphatic rings. The zero-order valence-electron chi connectivity index (χ0n) is 12.7. The topological polar surface area (TPSA) is 41.5 Å². The van der Waals surface area contributed by atoms with E-state index >= 15 is 0 Å². The van der Waals surface area contributed by atoms with E-state index in [2.05, 4.69) is 33.1 Å². The summed E-state index contributed by atoms with van der Waals surface area (Å²) in [4.78, 5) is 4.80. The van der Waals surface area contributed by atoms with Gasteiger partial charge in [0.1, 0.15) is 6.10 Å². The van der Waals surface area contributed by atoms with Gasteiger partial charge < -0.3 is 9.64 Å². The molecule has 0 aliphatic carbocycles. The lowest BCUT2D eigenvalue weighted by molar-refractivity contribution is 0.0696. The zero-order chi connectivity index (χ0) is 14.5. The summed E-state index contributed by atoms with van der Waals surface area (Å²) < 4.78 is 5.69. The molecule has 1 fully saturated rings. The van der Waals surface area contributed by atoms with E-state index in [0.29, 0.717) is 12.1 Å². The minimum Gasteiger partial charge on any atom is -0.497 e. The molecule has 0 aromatic carbocycles. The van der Waals surface area contributed by atoms with Crippen LogP contribution in [0.2, 0.25) is 0 Å².